The second-order valence-electron chi connectivity index (χ2n) is 9.80. The van der Waals surface area contributed by atoms with Gasteiger partial charge in [0.2, 0.25) is 0 Å². The first-order valence-electron chi connectivity index (χ1n) is 10.2. The Morgan fingerprint density at radius 3 is 2.68 bits per heavy atom. The summed E-state index contributed by atoms with van der Waals surface area (Å²) in [4.78, 5) is 24.5. The van der Waals surface area contributed by atoms with Gasteiger partial charge in [0.15, 0.2) is 17.2 Å². The number of aliphatic hydroxyl groups excluding tert-OH is 1. The van der Waals surface area contributed by atoms with Crippen LogP contribution in [0.1, 0.15) is 46.5 Å². The monoisotopic (exact) mass is 391 g/mol. The highest BCUT2D eigenvalue weighted by molar-refractivity contribution is 6.01. The Hall–Kier alpha value is -1.37. The first-order chi connectivity index (χ1) is 13.0. The van der Waals surface area contributed by atoms with Crippen LogP contribution >= 0.6 is 0 Å². The van der Waals surface area contributed by atoms with Crippen LogP contribution in [0.2, 0.25) is 0 Å². The summed E-state index contributed by atoms with van der Waals surface area (Å²) < 4.78 is 16.9. The molecule has 0 aromatic carbocycles. The van der Waals surface area contributed by atoms with Crippen LogP contribution in [0.4, 0.5) is 4.39 Å². The molecule has 3 fully saturated rings. The van der Waals surface area contributed by atoms with E-state index in [0.717, 1.165) is 5.57 Å². The quantitative estimate of drug-likeness (QED) is 0.667. The minimum Gasteiger partial charge on any atom is -0.390 e. The highest BCUT2D eigenvalue weighted by atomic mass is 19.1. The summed E-state index contributed by atoms with van der Waals surface area (Å²) in [5.74, 6) is -1.71. The van der Waals surface area contributed by atoms with Crippen molar-refractivity contribution in [2.75, 3.05) is 6.54 Å². The summed E-state index contributed by atoms with van der Waals surface area (Å²) in [6.07, 6.45) is 4.70. The lowest BCUT2D eigenvalue weighted by atomic mass is 9.44. The number of halogens is 1. The molecular formula is C22H30FNO4. The number of carbonyl (C=O) groups excluding carboxylic acids is 2. The molecule has 0 aromatic rings. The molecule has 0 heterocycles. The Balaban J connectivity index is 1.84. The van der Waals surface area contributed by atoms with E-state index < -0.39 is 39.9 Å². The maximum atomic E-state index is 16.9. The van der Waals surface area contributed by atoms with Gasteiger partial charge in [-0.1, -0.05) is 25.5 Å². The van der Waals surface area contributed by atoms with E-state index in [-0.39, 0.29) is 30.6 Å². The number of fused-ring (bicyclic) bond motifs is 5. The van der Waals surface area contributed by atoms with Gasteiger partial charge in [-0.15, -0.1) is 0 Å². The summed E-state index contributed by atoms with van der Waals surface area (Å²) in [5.41, 5.74) is 0.711. The molecule has 5 nitrogen and oxygen atoms in total. The van der Waals surface area contributed by atoms with E-state index in [1.165, 1.54) is 12.2 Å². The van der Waals surface area contributed by atoms with E-state index in [0.29, 0.717) is 19.3 Å². The van der Waals surface area contributed by atoms with Crippen molar-refractivity contribution in [2.45, 2.75) is 63.8 Å². The van der Waals surface area contributed by atoms with Crippen LogP contribution in [0.5, 0.6) is 0 Å². The van der Waals surface area contributed by atoms with E-state index >= 15 is 4.39 Å². The maximum absolute atomic E-state index is 16.9. The van der Waals surface area contributed by atoms with E-state index in [1.54, 1.807) is 13.0 Å². The first-order valence-corrected chi connectivity index (χ1v) is 10.2. The Morgan fingerprint density at radius 2 is 2.04 bits per heavy atom. The van der Waals surface area contributed by atoms with Crippen molar-refractivity contribution in [3.8, 4) is 0 Å². The summed E-state index contributed by atoms with van der Waals surface area (Å²) in [7, 11) is 0. The van der Waals surface area contributed by atoms with Crippen LogP contribution in [0.15, 0.2) is 23.8 Å². The molecule has 0 amide bonds. The molecule has 0 bridgehead atoms. The third-order valence-corrected chi connectivity index (χ3v) is 8.83. The van der Waals surface area contributed by atoms with Crippen LogP contribution in [-0.4, -0.2) is 45.7 Å². The zero-order valence-electron chi connectivity index (χ0n) is 16.7. The van der Waals surface area contributed by atoms with E-state index in [1.807, 2.05) is 13.8 Å². The van der Waals surface area contributed by atoms with Gasteiger partial charge in [0.1, 0.15) is 5.60 Å². The predicted molar refractivity (Wildman–Crippen MR) is 102 cm³/mol. The minimum atomic E-state index is -1.95. The number of allylic oxidation sites excluding steroid dienone is 4. The zero-order chi connectivity index (χ0) is 20.7. The van der Waals surface area contributed by atoms with Gasteiger partial charge in [-0.2, -0.15) is 0 Å². The number of Topliss-reactive ketones (excluding diaryl/α,β-unsaturated/α-hetero) is 1. The summed E-state index contributed by atoms with van der Waals surface area (Å²) in [6.45, 7) is 5.11. The lowest BCUT2D eigenvalue weighted by molar-refractivity contribution is -0.218. The molecule has 0 aliphatic heterocycles. The van der Waals surface area contributed by atoms with Gasteiger partial charge in [-0.05, 0) is 56.6 Å². The molecule has 0 aromatic heterocycles. The number of hydrogen-bond acceptors (Lipinski definition) is 5. The Labute approximate surface area is 164 Å². The number of alkyl halides is 1. The predicted octanol–water partition coefficient (Wildman–Crippen LogP) is 1.86. The zero-order valence-corrected chi connectivity index (χ0v) is 16.7. The number of ketones is 2. The normalized spacial score (nSPS) is 52.5. The molecule has 28 heavy (non-hydrogen) atoms. The van der Waals surface area contributed by atoms with Crippen molar-refractivity contribution >= 4 is 11.6 Å². The molecule has 0 spiro atoms. The van der Waals surface area contributed by atoms with Gasteiger partial charge in [0.25, 0.3) is 0 Å². The van der Waals surface area contributed by atoms with Crippen molar-refractivity contribution in [1.29, 1.82) is 0 Å². The fourth-order valence-electron chi connectivity index (χ4n) is 7.30. The highest BCUT2D eigenvalue weighted by Crippen LogP contribution is 2.70. The van der Waals surface area contributed by atoms with Gasteiger partial charge in [-0.25, -0.2) is 4.39 Å². The standard InChI is InChI=1S/C22H30FNO4/c1-12-8-16-15-5-4-13-9-14(25)6-7-19(13,2)21(15,23)17(26)10-20(16,3)22(12,28)18(27)11-24/h6-7,9,12,15-17,26,28H,4-5,8,10-11,24H2,1-3H3/t12-,15+,16+,17+,19?,20+,21+,22+/m1/s1. The molecule has 1 unspecified atom stereocenters. The van der Waals surface area contributed by atoms with Gasteiger partial charge < -0.3 is 15.9 Å². The van der Waals surface area contributed by atoms with Crippen molar-refractivity contribution < 1.29 is 24.2 Å². The molecule has 0 radical (unpaired) electrons. The van der Waals surface area contributed by atoms with E-state index in [2.05, 4.69) is 0 Å². The average molecular weight is 391 g/mol. The van der Waals surface area contributed by atoms with Crippen molar-refractivity contribution in [3.63, 3.8) is 0 Å². The lowest BCUT2D eigenvalue weighted by Gasteiger charge is -2.62. The molecule has 4 aliphatic rings. The largest absolute Gasteiger partial charge is 0.390 e. The van der Waals surface area contributed by atoms with Crippen LogP contribution in [0.25, 0.3) is 0 Å². The molecule has 0 saturated heterocycles. The SMILES string of the molecule is C[C@@H]1C[C@H]2[C@@H]3CCC4=CC(=O)C=CC4(C)[C@@]3(F)[C@@H](O)C[C@]2(C)[C@@]1(O)C(=O)CN. The Morgan fingerprint density at radius 1 is 1.36 bits per heavy atom. The summed E-state index contributed by atoms with van der Waals surface area (Å²) in [6, 6.07) is 0. The molecule has 154 valence electrons. The second-order valence-corrected chi connectivity index (χ2v) is 9.80. The van der Waals surface area contributed by atoms with Crippen molar-refractivity contribution in [2.24, 2.45) is 34.3 Å². The molecule has 4 rings (SSSR count). The van der Waals surface area contributed by atoms with Gasteiger partial charge in [0, 0.05) is 16.7 Å². The third kappa shape index (κ3) is 2.01. The number of aliphatic hydroxyl groups is 2. The number of nitrogens with two attached hydrogens (primary N) is 1. The molecule has 4 N–H and O–H groups in total. The molecule has 6 heteroatoms. The highest BCUT2D eigenvalue weighted by Gasteiger charge is 2.75. The average Bonchev–Trinajstić information content (AvgIpc) is 2.84. The molecule has 4 aliphatic carbocycles. The first kappa shape index (κ1) is 19.9. The van der Waals surface area contributed by atoms with Crippen molar-refractivity contribution in [1.82, 2.24) is 0 Å². The fourth-order valence-corrected chi connectivity index (χ4v) is 7.30. The van der Waals surface area contributed by atoms with Crippen LogP contribution in [0.3, 0.4) is 0 Å². The van der Waals surface area contributed by atoms with Gasteiger partial charge in [-0.3, -0.25) is 9.59 Å². The van der Waals surface area contributed by atoms with Crippen LogP contribution in [0, 0.1) is 28.6 Å². The van der Waals surface area contributed by atoms with Gasteiger partial charge in [0.05, 0.1) is 12.6 Å². The van der Waals surface area contributed by atoms with Crippen LogP contribution in [-0.2, 0) is 9.59 Å². The third-order valence-electron chi connectivity index (χ3n) is 8.83. The Kier molecular flexibility index (Phi) is 4.15. The molecular weight excluding hydrogens is 361 g/mol. The summed E-state index contributed by atoms with van der Waals surface area (Å²) in [5, 5.41) is 22.6. The minimum absolute atomic E-state index is 0.0120. The van der Waals surface area contributed by atoms with Gasteiger partial charge >= 0.3 is 0 Å². The maximum Gasteiger partial charge on any atom is 0.178 e. The van der Waals surface area contributed by atoms with E-state index in [9.17, 15) is 19.8 Å². The Bertz CT molecular complexity index is 808. The molecule has 8 atom stereocenters. The topological polar surface area (TPSA) is 101 Å². The molecule has 3 saturated carbocycles. The number of rotatable bonds is 2. The lowest BCUT2D eigenvalue weighted by Crippen LogP contribution is -2.69. The number of hydrogen-bond donors (Lipinski definition) is 3. The summed E-state index contributed by atoms with van der Waals surface area (Å²) >= 11 is 0. The second kappa shape index (κ2) is 5.83. The smallest absolute Gasteiger partial charge is 0.178 e. The van der Waals surface area contributed by atoms with E-state index in [4.69, 9.17) is 5.73 Å². The fraction of sp³-hybridized carbons (Fsp3) is 0.727. The van der Waals surface area contributed by atoms with Crippen LogP contribution < -0.4 is 5.73 Å². The van der Waals surface area contributed by atoms with Crippen molar-refractivity contribution in [3.05, 3.63) is 23.8 Å². The number of carbonyl (C=O) groups is 2.